The smallest absolute Gasteiger partial charge is 0.328 e. The van der Waals surface area contributed by atoms with E-state index in [0.717, 1.165) is 6.08 Å². The van der Waals surface area contributed by atoms with Gasteiger partial charge in [0.1, 0.15) is 19.0 Å². The van der Waals surface area contributed by atoms with Crippen LogP contribution in [0.2, 0.25) is 0 Å². The Morgan fingerprint density at radius 3 is 2.53 bits per heavy atom. The van der Waals surface area contributed by atoms with E-state index in [1.54, 1.807) is 18.2 Å². The molecule has 0 aromatic heterocycles. The molecule has 96 valence electrons. The van der Waals surface area contributed by atoms with Crippen LogP contribution in [0.5, 0.6) is 0 Å². The lowest BCUT2D eigenvalue weighted by atomic mass is 10.2. The highest BCUT2D eigenvalue weighted by molar-refractivity contribution is 5.80. The Labute approximate surface area is 101 Å². The molecule has 0 fully saturated rings. The third-order valence-electron chi connectivity index (χ3n) is 1.86. The quantitative estimate of drug-likeness (QED) is 0.286. The maximum atomic E-state index is 10.2. The van der Waals surface area contributed by atoms with Gasteiger partial charge in [-0.1, -0.05) is 24.3 Å². The summed E-state index contributed by atoms with van der Waals surface area (Å²) in [7, 11) is 3.05. The van der Waals surface area contributed by atoms with Crippen LogP contribution in [0.4, 0.5) is 0 Å². The molecule has 0 aliphatic rings. The summed E-state index contributed by atoms with van der Waals surface area (Å²) in [6.45, 7) is 3.77. The first-order valence-electron chi connectivity index (χ1n) is 4.99. The predicted molar refractivity (Wildman–Crippen MR) is 63.7 cm³/mol. The Bertz CT molecular complexity index is 283. The van der Waals surface area contributed by atoms with Gasteiger partial charge in [-0.15, -0.1) is 6.58 Å². The van der Waals surface area contributed by atoms with Gasteiger partial charge in [-0.3, -0.25) is 0 Å². The number of rotatable bonds is 9. The fourth-order valence-electron chi connectivity index (χ4n) is 1.08. The molecule has 0 aromatic rings. The van der Waals surface area contributed by atoms with Crippen LogP contribution in [-0.4, -0.2) is 44.3 Å². The van der Waals surface area contributed by atoms with Gasteiger partial charge in [-0.2, -0.15) is 0 Å². The van der Waals surface area contributed by atoms with E-state index >= 15 is 0 Å². The van der Waals surface area contributed by atoms with Gasteiger partial charge in [0.05, 0.1) is 0 Å². The molecule has 5 heteroatoms. The van der Waals surface area contributed by atoms with E-state index in [4.69, 9.17) is 19.3 Å². The number of allylic oxidation sites excluding steroid dienone is 2. The van der Waals surface area contributed by atoms with E-state index in [0.29, 0.717) is 0 Å². The van der Waals surface area contributed by atoms with E-state index in [1.165, 1.54) is 20.3 Å². The number of carboxylic acid groups (broad SMARTS) is 1. The van der Waals surface area contributed by atoms with Crippen molar-refractivity contribution in [3.05, 3.63) is 37.0 Å². The van der Waals surface area contributed by atoms with Gasteiger partial charge in [0.25, 0.3) is 0 Å². The molecule has 1 N–H and O–H groups in total. The highest BCUT2D eigenvalue weighted by Crippen LogP contribution is 2.07. The molecule has 0 radical (unpaired) electrons. The van der Waals surface area contributed by atoms with E-state index in [2.05, 4.69) is 6.58 Å². The van der Waals surface area contributed by atoms with Crippen molar-refractivity contribution in [1.82, 2.24) is 0 Å². The molecule has 0 amide bonds. The zero-order valence-electron chi connectivity index (χ0n) is 10.0. The lowest BCUT2D eigenvalue weighted by Gasteiger charge is -2.20. The van der Waals surface area contributed by atoms with Crippen molar-refractivity contribution in [3.8, 4) is 0 Å². The van der Waals surface area contributed by atoms with Gasteiger partial charge >= 0.3 is 5.97 Å². The molecular formula is C12H18O5. The number of carbonyl (C=O) groups is 1. The minimum Gasteiger partial charge on any atom is -0.478 e. The largest absolute Gasteiger partial charge is 0.478 e. The molecule has 0 rings (SSSR count). The van der Waals surface area contributed by atoms with E-state index in [9.17, 15) is 4.79 Å². The Hall–Kier alpha value is -1.43. The highest BCUT2D eigenvalue weighted by Gasteiger charge is 2.15. The van der Waals surface area contributed by atoms with Crippen molar-refractivity contribution in [2.45, 2.75) is 12.2 Å². The zero-order chi connectivity index (χ0) is 13.1. The molecule has 17 heavy (non-hydrogen) atoms. The minimum atomic E-state index is -1.00. The van der Waals surface area contributed by atoms with E-state index in [1.807, 2.05) is 0 Å². The van der Waals surface area contributed by atoms with Crippen molar-refractivity contribution in [3.63, 3.8) is 0 Å². The zero-order valence-corrected chi connectivity index (χ0v) is 10.0. The summed E-state index contributed by atoms with van der Waals surface area (Å²) in [5.74, 6) is -1.00. The molecule has 0 heterocycles. The molecule has 0 spiro atoms. The molecule has 0 bridgehead atoms. The van der Waals surface area contributed by atoms with E-state index in [-0.39, 0.29) is 19.0 Å². The second-order valence-corrected chi connectivity index (χ2v) is 3.06. The number of methoxy groups -OCH3 is 2. The van der Waals surface area contributed by atoms with Crippen molar-refractivity contribution >= 4 is 5.97 Å². The van der Waals surface area contributed by atoms with Crippen molar-refractivity contribution in [2.75, 3.05) is 21.0 Å². The number of hydrogen-bond acceptors (Lipinski definition) is 4. The lowest BCUT2D eigenvalue weighted by molar-refractivity contribution is -0.131. The molecule has 2 atom stereocenters. The summed E-state index contributed by atoms with van der Waals surface area (Å²) in [6, 6.07) is 0. The fraction of sp³-hybridized carbons (Fsp3) is 0.417. The molecule has 0 aromatic carbocycles. The molecule has 0 aliphatic carbocycles. The molecule has 0 unspecified atom stereocenters. The highest BCUT2D eigenvalue weighted by atomic mass is 16.7. The van der Waals surface area contributed by atoms with Crippen molar-refractivity contribution in [2.24, 2.45) is 0 Å². The maximum absolute atomic E-state index is 10.2. The van der Waals surface area contributed by atoms with E-state index < -0.39 is 5.97 Å². The fourth-order valence-corrected chi connectivity index (χ4v) is 1.08. The summed E-state index contributed by atoms with van der Waals surface area (Å²) in [4.78, 5) is 10.2. The number of ether oxygens (including phenoxy) is 3. The summed E-state index contributed by atoms with van der Waals surface area (Å²) < 4.78 is 15.3. The van der Waals surface area contributed by atoms with Crippen molar-refractivity contribution in [1.29, 1.82) is 0 Å². The Balaban J connectivity index is 4.36. The minimum absolute atomic E-state index is 0.134. The van der Waals surface area contributed by atoms with Crippen LogP contribution in [-0.2, 0) is 19.0 Å². The van der Waals surface area contributed by atoms with Gasteiger partial charge in [-0.25, -0.2) is 4.79 Å². The summed E-state index contributed by atoms with van der Waals surface area (Å²) >= 11 is 0. The van der Waals surface area contributed by atoms with Crippen LogP contribution in [0.15, 0.2) is 37.0 Å². The van der Waals surface area contributed by atoms with Gasteiger partial charge < -0.3 is 19.3 Å². The third kappa shape index (κ3) is 7.46. The van der Waals surface area contributed by atoms with Gasteiger partial charge in [-0.05, 0) is 0 Å². The summed E-state index contributed by atoms with van der Waals surface area (Å²) in [5, 5.41) is 8.40. The summed E-state index contributed by atoms with van der Waals surface area (Å²) in [5.41, 5.74) is 0. The standard InChI is InChI=1S/C12H18O5/c1-4-10(17-9-15-2)11(16-3)7-5-6-8-12(13)14/h4-8,10-11H,1,9H2,2-3H3,(H,13,14)/b7-5+,8-6+/t10-,11-/m1/s1. The number of hydrogen-bond donors (Lipinski definition) is 1. The number of aliphatic carboxylic acids is 1. The predicted octanol–water partition coefficient (Wildman–Crippen LogP) is 1.37. The van der Waals surface area contributed by atoms with Crippen LogP contribution >= 0.6 is 0 Å². The SMILES string of the molecule is C=C[C@@H](OCOC)[C@@H](/C=C/C=C/C(=O)O)OC. The van der Waals surface area contributed by atoms with Crippen LogP contribution in [0.1, 0.15) is 0 Å². The van der Waals surface area contributed by atoms with Gasteiger partial charge in [0.15, 0.2) is 0 Å². The first kappa shape index (κ1) is 15.6. The molecule has 0 aliphatic heterocycles. The average molecular weight is 242 g/mol. The topological polar surface area (TPSA) is 65.0 Å². The van der Waals surface area contributed by atoms with Crippen LogP contribution in [0.25, 0.3) is 0 Å². The van der Waals surface area contributed by atoms with Gasteiger partial charge in [0.2, 0.25) is 0 Å². The molecular weight excluding hydrogens is 224 g/mol. The van der Waals surface area contributed by atoms with Crippen LogP contribution in [0, 0.1) is 0 Å². The average Bonchev–Trinajstić information content (AvgIpc) is 2.32. The number of carboxylic acids is 1. The van der Waals surface area contributed by atoms with Crippen LogP contribution in [0.3, 0.4) is 0 Å². The Kier molecular flexibility index (Phi) is 8.95. The Morgan fingerprint density at radius 2 is 2.06 bits per heavy atom. The summed E-state index contributed by atoms with van der Waals surface area (Å²) in [6.07, 6.45) is 6.59. The molecule has 0 saturated heterocycles. The third-order valence-corrected chi connectivity index (χ3v) is 1.86. The van der Waals surface area contributed by atoms with Crippen LogP contribution < -0.4 is 0 Å². The lowest BCUT2D eigenvalue weighted by Crippen LogP contribution is -2.27. The Morgan fingerprint density at radius 1 is 1.35 bits per heavy atom. The van der Waals surface area contributed by atoms with Gasteiger partial charge in [0, 0.05) is 20.3 Å². The second kappa shape index (κ2) is 9.77. The molecule has 0 saturated carbocycles. The first-order valence-corrected chi connectivity index (χ1v) is 4.99. The van der Waals surface area contributed by atoms with Crippen molar-refractivity contribution < 1.29 is 24.1 Å². The second-order valence-electron chi connectivity index (χ2n) is 3.06. The monoisotopic (exact) mass is 242 g/mol. The maximum Gasteiger partial charge on any atom is 0.328 e. The molecule has 5 nitrogen and oxygen atoms in total. The first-order chi connectivity index (χ1) is 8.15. The normalized spacial score (nSPS) is 15.2.